The minimum Gasteiger partial charge on any atom is -0.481 e. The van der Waals surface area contributed by atoms with Gasteiger partial charge in [-0.25, -0.2) is 9.67 Å². The van der Waals surface area contributed by atoms with Crippen LogP contribution in [0.5, 0.6) is 5.88 Å². The summed E-state index contributed by atoms with van der Waals surface area (Å²) in [7, 11) is 1.46. The molecule has 107 valence electrons. The van der Waals surface area contributed by atoms with Gasteiger partial charge in [-0.2, -0.15) is 18.3 Å². The minimum atomic E-state index is -4.53. The number of benzene rings is 1. The molecule has 0 bridgehead atoms. The van der Waals surface area contributed by atoms with Crippen LogP contribution >= 0.6 is 0 Å². The van der Waals surface area contributed by atoms with Crippen LogP contribution in [-0.4, -0.2) is 21.9 Å². The molecule has 0 spiro atoms. The van der Waals surface area contributed by atoms with Gasteiger partial charge in [0.1, 0.15) is 0 Å². The number of halogens is 3. The quantitative estimate of drug-likeness (QED) is 0.728. The first-order chi connectivity index (χ1) is 10.0. The summed E-state index contributed by atoms with van der Waals surface area (Å²) in [6, 6.07) is 8.65. The molecule has 3 aromatic rings. The third kappa shape index (κ3) is 2.20. The molecule has 2 aromatic heterocycles. The normalized spacial score (nSPS) is 11.8. The summed E-state index contributed by atoms with van der Waals surface area (Å²) in [6.45, 7) is 0. The van der Waals surface area contributed by atoms with E-state index in [1.807, 2.05) is 0 Å². The topological polar surface area (TPSA) is 39.9 Å². The van der Waals surface area contributed by atoms with Crippen molar-refractivity contribution >= 4 is 10.8 Å². The summed E-state index contributed by atoms with van der Waals surface area (Å²) in [5, 5.41) is 4.91. The molecule has 7 heteroatoms. The molecule has 3 rings (SSSR count). The second kappa shape index (κ2) is 4.76. The average molecular weight is 292 g/mol. The Balaban J connectivity index is 2.30. The van der Waals surface area contributed by atoms with Crippen molar-refractivity contribution in [2.45, 2.75) is 6.18 Å². The Bertz CT molecular complexity index is 796. The smallest absolute Gasteiger partial charge is 0.434 e. The van der Waals surface area contributed by atoms with Crippen LogP contribution in [0.2, 0.25) is 0 Å². The number of nitrogens with zero attached hydrogens (tertiary/aromatic N) is 3. The highest BCUT2D eigenvalue weighted by molar-refractivity contribution is 5.93. The molecule has 4 nitrogen and oxygen atoms in total. The van der Waals surface area contributed by atoms with Crippen LogP contribution in [0.15, 0.2) is 36.7 Å². The zero-order valence-electron chi connectivity index (χ0n) is 10.8. The number of ether oxygens (including phenoxy) is 1. The SMILES string of the molecule is COc1nccc2c(-n3nc[c]c3C(F)(F)F)cccc12. The lowest BCUT2D eigenvalue weighted by molar-refractivity contribution is -0.143. The largest absolute Gasteiger partial charge is 0.481 e. The number of pyridine rings is 1. The number of fused-ring (bicyclic) bond motifs is 1. The molecule has 0 saturated carbocycles. The van der Waals surface area contributed by atoms with E-state index in [9.17, 15) is 13.2 Å². The fraction of sp³-hybridized carbons (Fsp3) is 0.143. The Morgan fingerprint density at radius 1 is 1.19 bits per heavy atom. The van der Waals surface area contributed by atoms with Crippen LogP contribution in [0.4, 0.5) is 13.2 Å². The van der Waals surface area contributed by atoms with E-state index in [0.717, 1.165) is 10.9 Å². The predicted octanol–water partition coefficient (Wildman–Crippen LogP) is 3.25. The summed E-state index contributed by atoms with van der Waals surface area (Å²) in [6.07, 6.45) is -2.05. The lowest BCUT2D eigenvalue weighted by atomic mass is 10.1. The molecule has 0 atom stereocenters. The Morgan fingerprint density at radius 2 is 2.00 bits per heavy atom. The van der Waals surface area contributed by atoms with Crippen molar-refractivity contribution in [2.24, 2.45) is 0 Å². The lowest BCUT2D eigenvalue weighted by Gasteiger charge is -2.13. The van der Waals surface area contributed by atoms with Gasteiger partial charge < -0.3 is 4.74 Å². The molecule has 1 aromatic carbocycles. The first kappa shape index (κ1) is 13.4. The molecular weight excluding hydrogens is 283 g/mol. The predicted molar refractivity (Wildman–Crippen MR) is 69.3 cm³/mol. The van der Waals surface area contributed by atoms with Crippen LogP contribution in [0, 0.1) is 6.07 Å². The third-order valence-electron chi connectivity index (χ3n) is 3.02. The van der Waals surface area contributed by atoms with E-state index in [4.69, 9.17) is 4.74 Å². The van der Waals surface area contributed by atoms with E-state index < -0.39 is 11.9 Å². The first-order valence-electron chi connectivity index (χ1n) is 5.97. The highest BCUT2D eigenvalue weighted by Crippen LogP contribution is 2.33. The van der Waals surface area contributed by atoms with Gasteiger partial charge in [0.05, 0.1) is 19.0 Å². The van der Waals surface area contributed by atoms with E-state index in [1.54, 1.807) is 24.3 Å². The Hall–Kier alpha value is -2.57. The molecule has 0 aliphatic rings. The maximum Gasteiger partial charge on any atom is 0.434 e. The van der Waals surface area contributed by atoms with Crippen LogP contribution in [0.1, 0.15) is 5.69 Å². The van der Waals surface area contributed by atoms with Crippen molar-refractivity contribution < 1.29 is 17.9 Å². The highest BCUT2D eigenvalue weighted by atomic mass is 19.4. The van der Waals surface area contributed by atoms with Crippen molar-refractivity contribution in [1.29, 1.82) is 0 Å². The van der Waals surface area contributed by atoms with Gasteiger partial charge in [-0.3, -0.25) is 0 Å². The van der Waals surface area contributed by atoms with E-state index in [2.05, 4.69) is 16.1 Å². The summed E-state index contributed by atoms with van der Waals surface area (Å²) < 4.78 is 44.9. The number of methoxy groups -OCH3 is 1. The molecular formula is C14H9F3N3O. The summed E-state index contributed by atoms with van der Waals surface area (Å²) in [4.78, 5) is 4.04. The van der Waals surface area contributed by atoms with Crippen LogP contribution in [-0.2, 0) is 6.18 Å². The van der Waals surface area contributed by atoms with Gasteiger partial charge in [-0.05, 0) is 18.2 Å². The van der Waals surface area contributed by atoms with Crippen LogP contribution in [0.25, 0.3) is 16.5 Å². The van der Waals surface area contributed by atoms with Crippen molar-refractivity contribution in [3.63, 3.8) is 0 Å². The Morgan fingerprint density at radius 3 is 2.71 bits per heavy atom. The van der Waals surface area contributed by atoms with Crippen molar-refractivity contribution in [2.75, 3.05) is 7.11 Å². The summed E-state index contributed by atoms with van der Waals surface area (Å²) in [5.74, 6) is 0.346. The molecule has 21 heavy (non-hydrogen) atoms. The molecule has 0 aliphatic heterocycles. The maximum atomic E-state index is 13.0. The van der Waals surface area contributed by atoms with Gasteiger partial charge in [-0.1, -0.05) is 6.07 Å². The van der Waals surface area contributed by atoms with E-state index in [-0.39, 0.29) is 0 Å². The number of rotatable bonds is 2. The molecule has 0 saturated heterocycles. The molecule has 0 fully saturated rings. The number of hydrogen-bond donors (Lipinski definition) is 0. The molecule has 0 N–H and O–H groups in total. The third-order valence-corrected chi connectivity index (χ3v) is 3.02. The van der Waals surface area contributed by atoms with E-state index >= 15 is 0 Å². The van der Waals surface area contributed by atoms with Gasteiger partial charge in [-0.15, -0.1) is 0 Å². The fourth-order valence-corrected chi connectivity index (χ4v) is 2.16. The van der Waals surface area contributed by atoms with Crippen LogP contribution in [0.3, 0.4) is 0 Å². The first-order valence-corrected chi connectivity index (χ1v) is 5.97. The lowest BCUT2D eigenvalue weighted by Crippen LogP contribution is -2.13. The second-order valence-electron chi connectivity index (χ2n) is 4.24. The second-order valence-corrected chi connectivity index (χ2v) is 4.24. The van der Waals surface area contributed by atoms with Gasteiger partial charge >= 0.3 is 6.18 Å². The van der Waals surface area contributed by atoms with E-state index in [0.29, 0.717) is 22.3 Å². The van der Waals surface area contributed by atoms with Gasteiger partial charge in [0, 0.05) is 23.0 Å². The van der Waals surface area contributed by atoms with E-state index in [1.165, 1.54) is 13.3 Å². The zero-order valence-corrected chi connectivity index (χ0v) is 10.8. The zero-order chi connectivity index (χ0) is 15.0. The van der Waals surface area contributed by atoms with Crippen molar-refractivity contribution in [3.05, 3.63) is 48.4 Å². The number of aromatic nitrogens is 3. The molecule has 1 radical (unpaired) electrons. The number of hydrogen-bond acceptors (Lipinski definition) is 3. The number of alkyl halides is 3. The summed E-state index contributed by atoms with van der Waals surface area (Å²) in [5.41, 5.74) is -0.660. The molecule has 0 unspecified atom stereocenters. The van der Waals surface area contributed by atoms with Gasteiger partial charge in [0.15, 0.2) is 5.69 Å². The summed E-state index contributed by atoms with van der Waals surface area (Å²) >= 11 is 0. The standard InChI is InChI=1S/C14H9F3N3O/c1-21-13-10-3-2-4-11(9(10)5-7-18-13)20-12(6-8-19-20)14(15,16)17/h2-5,7-8H,1H3. The van der Waals surface area contributed by atoms with Crippen molar-refractivity contribution in [3.8, 4) is 11.6 Å². The average Bonchev–Trinajstić information content (AvgIpc) is 2.95. The molecule has 0 amide bonds. The van der Waals surface area contributed by atoms with Crippen molar-refractivity contribution in [1.82, 2.24) is 14.8 Å². The Labute approximate surface area is 117 Å². The van der Waals surface area contributed by atoms with Crippen LogP contribution < -0.4 is 4.74 Å². The highest BCUT2D eigenvalue weighted by Gasteiger charge is 2.35. The minimum absolute atomic E-state index is 0.293. The van der Waals surface area contributed by atoms with Gasteiger partial charge in [0.25, 0.3) is 0 Å². The molecule has 2 heterocycles. The monoisotopic (exact) mass is 292 g/mol. The Kier molecular flexibility index (Phi) is 3.04. The fourth-order valence-electron chi connectivity index (χ4n) is 2.16. The maximum absolute atomic E-state index is 13.0. The molecule has 0 aliphatic carbocycles. The van der Waals surface area contributed by atoms with Gasteiger partial charge in [0.2, 0.25) is 5.88 Å².